The molecule has 0 saturated carbocycles. The molecule has 0 radical (unpaired) electrons. The highest BCUT2D eigenvalue weighted by Crippen LogP contribution is 1.95. The fourth-order valence-corrected chi connectivity index (χ4v) is 1.87. The van der Waals surface area contributed by atoms with E-state index in [-0.39, 0.29) is 11.8 Å². The summed E-state index contributed by atoms with van der Waals surface area (Å²) in [5.41, 5.74) is 0. The van der Waals surface area contributed by atoms with Gasteiger partial charge in [-0.25, -0.2) is 0 Å². The molecule has 0 aliphatic carbocycles. The summed E-state index contributed by atoms with van der Waals surface area (Å²) in [6.45, 7) is 11.3. The minimum absolute atomic E-state index is 0.0786. The van der Waals surface area contributed by atoms with Crippen molar-refractivity contribution in [3.05, 3.63) is 0 Å². The Kier molecular flexibility index (Phi) is 8.37. The van der Waals surface area contributed by atoms with E-state index in [0.29, 0.717) is 39.3 Å². The Balaban J connectivity index is 4.22. The molecule has 106 valence electrons. The summed E-state index contributed by atoms with van der Waals surface area (Å²) in [5.74, 6) is 0.157. The molecule has 0 saturated heterocycles. The Morgan fingerprint density at radius 2 is 1.00 bits per heavy atom. The van der Waals surface area contributed by atoms with Gasteiger partial charge in [0.05, 0.1) is 13.1 Å². The second-order valence-corrected chi connectivity index (χ2v) is 4.30. The van der Waals surface area contributed by atoms with Crippen LogP contribution in [0.4, 0.5) is 0 Å². The van der Waals surface area contributed by atoms with Gasteiger partial charge in [-0.3, -0.25) is 14.5 Å². The van der Waals surface area contributed by atoms with Crippen molar-refractivity contribution < 1.29 is 9.59 Å². The number of carbonyl (C=O) groups is 2. The van der Waals surface area contributed by atoms with Crippen molar-refractivity contribution in [3.63, 3.8) is 0 Å². The summed E-state index contributed by atoms with van der Waals surface area (Å²) in [5, 5.41) is 0. The van der Waals surface area contributed by atoms with E-state index in [2.05, 4.69) is 0 Å². The Morgan fingerprint density at radius 1 is 0.722 bits per heavy atom. The smallest absolute Gasteiger partial charge is 0.236 e. The van der Waals surface area contributed by atoms with Crippen LogP contribution < -0.4 is 0 Å². The lowest BCUT2D eigenvalue weighted by molar-refractivity contribution is -0.134. The standard InChI is InChI=1S/C13H27N3O2/c1-6-15(7-2)12(17)10-14(5)11-13(18)16(8-3)9-4/h6-11H2,1-5H3. The maximum absolute atomic E-state index is 11.9. The van der Waals surface area contributed by atoms with Crippen molar-refractivity contribution in [2.24, 2.45) is 0 Å². The molecule has 5 heteroatoms. The van der Waals surface area contributed by atoms with E-state index in [0.717, 1.165) is 0 Å². The van der Waals surface area contributed by atoms with Crippen LogP contribution in [0.3, 0.4) is 0 Å². The quantitative estimate of drug-likeness (QED) is 0.641. The maximum atomic E-state index is 11.9. The Hall–Kier alpha value is -1.10. The molecule has 0 aromatic heterocycles. The molecule has 0 unspecified atom stereocenters. The summed E-state index contributed by atoms with van der Waals surface area (Å²) >= 11 is 0. The average molecular weight is 257 g/mol. The van der Waals surface area contributed by atoms with Crippen LogP contribution in [0.15, 0.2) is 0 Å². The molecule has 5 nitrogen and oxygen atoms in total. The van der Waals surface area contributed by atoms with Gasteiger partial charge in [0.25, 0.3) is 0 Å². The highest BCUT2D eigenvalue weighted by atomic mass is 16.2. The van der Waals surface area contributed by atoms with Crippen LogP contribution in [0.5, 0.6) is 0 Å². The topological polar surface area (TPSA) is 43.9 Å². The number of hydrogen-bond donors (Lipinski definition) is 0. The number of rotatable bonds is 8. The molecule has 0 aromatic carbocycles. The van der Waals surface area contributed by atoms with Gasteiger partial charge in [0.2, 0.25) is 11.8 Å². The first kappa shape index (κ1) is 16.9. The van der Waals surface area contributed by atoms with Gasteiger partial charge < -0.3 is 9.80 Å². The lowest BCUT2D eigenvalue weighted by atomic mass is 10.4. The van der Waals surface area contributed by atoms with Gasteiger partial charge in [0.15, 0.2) is 0 Å². The van der Waals surface area contributed by atoms with Crippen molar-refractivity contribution in [3.8, 4) is 0 Å². The number of hydrogen-bond acceptors (Lipinski definition) is 3. The van der Waals surface area contributed by atoms with Crippen LogP contribution in [0.25, 0.3) is 0 Å². The van der Waals surface area contributed by atoms with Gasteiger partial charge in [-0.2, -0.15) is 0 Å². The summed E-state index contributed by atoms with van der Waals surface area (Å²) in [7, 11) is 1.81. The lowest BCUT2D eigenvalue weighted by Crippen LogP contribution is -2.43. The molecule has 0 atom stereocenters. The van der Waals surface area contributed by atoms with E-state index in [1.165, 1.54) is 0 Å². The van der Waals surface area contributed by atoms with Crippen LogP contribution in [-0.4, -0.2) is 72.8 Å². The zero-order chi connectivity index (χ0) is 14.1. The highest BCUT2D eigenvalue weighted by Gasteiger charge is 2.16. The third kappa shape index (κ3) is 5.49. The molecule has 0 aromatic rings. The molecule has 2 amide bonds. The summed E-state index contributed by atoms with van der Waals surface area (Å²) in [6, 6.07) is 0. The monoisotopic (exact) mass is 257 g/mol. The summed E-state index contributed by atoms with van der Waals surface area (Å²) in [6.07, 6.45) is 0. The number of likely N-dealkylation sites (N-methyl/N-ethyl adjacent to an activating group) is 3. The van der Waals surface area contributed by atoms with Crippen molar-refractivity contribution in [2.75, 3.05) is 46.3 Å². The minimum atomic E-state index is 0.0786. The van der Waals surface area contributed by atoms with Crippen LogP contribution in [0.1, 0.15) is 27.7 Å². The van der Waals surface area contributed by atoms with Crippen molar-refractivity contribution in [1.82, 2.24) is 14.7 Å². The van der Waals surface area contributed by atoms with Crippen LogP contribution in [0.2, 0.25) is 0 Å². The molecule has 0 spiro atoms. The average Bonchev–Trinajstić information content (AvgIpc) is 2.31. The third-order valence-electron chi connectivity index (χ3n) is 3.04. The van der Waals surface area contributed by atoms with E-state index < -0.39 is 0 Å². The Labute approximate surface area is 111 Å². The van der Waals surface area contributed by atoms with Crippen molar-refractivity contribution in [2.45, 2.75) is 27.7 Å². The Bertz CT molecular complexity index is 235. The number of amides is 2. The van der Waals surface area contributed by atoms with Gasteiger partial charge in [-0.05, 0) is 34.7 Å². The molecular weight excluding hydrogens is 230 g/mol. The molecule has 0 aliphatic heterocycles. The fraction of sp³-hybridized carbons (Fsp3) is 0.846. The third-order valence-corrected chi connectivity index (χ3v) is 3.04. The predicted octanol–water partition coefficient (Wildman–Crippen LogP) is 0.655. The summed E-state index contributed by atoms with van der Waals surface area (Å²) in [4.78, 5) is 29.1. The van der Waals surface area contributed by atoms with Gasteiger partial charge in [-0.15, -0.1) is 0 Å². The van der Waals surface area contributed by atoms with Crippen molar-refractivity contribution in [1.29, 1.82) is 0 Å². The number of carbonyl (C=O) groups excluding carboxylic acids is 2. The zero-order valence-corrected chi connectivity index (χ0v) is 12.4. The molecule has 0 bridgehead atoms. The molecule has 0 N–H and O–H groups in total. The first-order chi connectivity index (χ1) is 8.49. The van der Waals surface area contributed by atoms with Gasteiger partial charge >= 0.3 is 0 Å². The largest absolute Gasteiger partial charge is 0.342 e. The fourth-order valence-electron chi connectivity index (χ4n) is 1.87. The molecule has 0 heterocycles. The lowest BCUT2D eigenvalue weighted by Gasteiger charge is -2.25. The maximum Gasteiger partial charge on any atom is 0.236 e. The van der Waals surface area contributed by atoms with Gasteiger partial charge in [0.1, 0.15) is 0 Å². The highest BCUT2D eigenvalue weighted by molar-refractivity contribution is 5.81. The first-order valence-corrected chi connectivity index (χ1v) is 6.74. The number of nitrogens with zero attached hydrogens (tertiary/aromatic N) is 3. The van der Waals surface area contributed by atoms with E-state index in [4.69, 9.17) is 0 Å². The predicted molar refractivity (Wildman–Crippen MR) is 73.4 cm³/mol. The Morgan fingerprint density at radius 3 is 1.22 bits per heavy atom. The second-order valence-electron chi connectivity index (χ2n) is 4.30. The second kappa shape index (κ2) is 8.91. The van der Waals surface area contributed by atoms with Gasteiger partial charge in [0, 0.05) is 26.2 Å². The van der Waals surface area contributed by atoms with E-state index in [9.17, 15) is 9.59 Å². The molecule has 18 heavy (non-hydrogen) atoms. The SMILES string of the molecule is CCN(CC)C(=O)CN(C)CC(=O)N(CC)CC. The molecule has 0 fully saturated rings. The molecule has 0 aliphatic rings. The van der Waals surface area contributed by atoms with E-state index in [1.54, 1.807) is 14.7 Å². The van der Waals surface area contributed by atoms with E-state index >= 15 is 0 Å². The van der Waals surface area contributed by atoms with Crippen LogP contribution >= 0.6 is 0 Å². The first-order valence-electron chi connectivity index (χ1n) is 6.74. The zero-order valence-electron chi connectivity index (χ0n) is 12.4. The van der Waals surface area contributed by atoms with Crippen molar-refractivity contribution >= 4 is 11.8 Å². The van der Waals surface area contributed by atoms with Crippen LogP contribution in [0, 0.1) is 0 Å². The molecular formula is C13H27N3O2. The summed E-state index contributed by atoms with van der Waals surface area (Å²) < 4.78 is 0. The normalized spacial score (nSPS) is 10.6. The van der Waals surface area contributed by atoms with Gasteiger partial charge in [-0.1, -0.05) is 0 Å². The minimum Gasteiger partial charge on any atom is -0.342 e. The van der Waals surface area contributed by atoms with Crippen LogP contribution in [-0.2, 0) is 9.59 Å². The molecule has 0 rings (SSSR count). The van der Waals surface area contributed by atoms with E-state index in [1.807, 2.05) is 34.7 Å².